The van der Waals surface area contributed by atoms with Gasteiger partial charge in [-0.2, -0.15) is 0 Å². The van der Waals surface area contributed by atoms with Gasteiger partial charge in [0.15, 0.2) is 5.82 Å². The number of hydrogen-bond acceptors (Lipinski definition) is 5. The Morgan fingerprint density at radius 3 is 2.88 bits per heavy atom. The lowest BCUT2D eigenvalue weighted by atomic mass is 10.1. The molecule has 2 aromatic rings. The number of H-pyrrole nitrogens is 1. The molecule has 1 fully saturated rings. The van der Waals surface area contributed by atoms with Gasteiger partial charge in [0.1, 0.15) is 12.4 Å². The lowest BCUT2D eigenvalue weighted by molar-refractivity contribution is -0.0281. The average Bonchev–Trinajstić information content (AvgIpc) is 2.99. The van der Waals surface area contributed by atoms with E-state index in [0.29, 0.717) is 31.1 Å². The van der Waals surface area contributed by atoms with Crippen molar-refractivity contribution in [3.05, 3.63) is 45.9 Å². The molecular weight excluding hydrogens is 310 g/mol. The van der Waals surface area contributed by atoms with Gasteiger partial charge in [0.05, 0.1) is 13.2 Å². The van der Waals surface area contributed by atoms with Gasteiger partial charge in [0.2, 0.25) is 5.56 Å². The van der Waals surface area contributed by atoms with E-state index in [0.717, 1.165) is 5.69 Å². The minimum atomic E-state index is -0.318. The zero-order valence-electron chi connectivity index (χ0n) is 14.0. The molecule has 1 aliphatic rings. The number of aromatic nitrogens is 4. The van der Waals surface area contributed by atoms with Crippen LogP contribution in [-0.2, 0) is 11.8 Å². The molecule has 128 valence electrons. The molecule has 1 aliphatic heterocycles. The molecule has 3 rings (SSSR count). The van der Waals surface area contributed by atoms with E-state index in [4.69, 9.17) is 4.74 Å². The van der Waals surface area contributed by atoms with E-state index in [9.17, 15) is 9.59 Å². The summed E-state index contributed by atoms with van der Waals surface area (Å²) in [4.78, 5) is 29.1. The maximum Gasteiger partial charge on any atom is 0.254 e. The molecular formula is C16H21N5O3. The molecule has 0 bridgehead atoms. The number of morpholine rings is 1. The van der Waals surface area contributed by atoms with Crippen LogP contribution in [0.4, 0.5) is 0 Å². The smallest absolute Gasteiger partial charge is 0.254 e. The van der Waals surface area contributed by atoms with Gasteiger partial charge in [-0.15, -0.1) is 10.2 Å². The second kappa shape index (κ2) is 6.56. The summed E-state index contributed by atoms with van der Waals surface area (Å²) in [5.74, 6) is 0.654. The quantitative estimate of drug-likeness (QED) is 0.899. The van der Waals surface area contributed by atoms with Crippen LogP contribution in [0.2, 0.25) is 0 Å². The molecule has 0 spiro atoms. The molecule has 2 aromatic heterocycles. The Morgan fingerprint density at radius 1 is 1.42 bits per heavy atom. The van der Waals surface area contributed by atoms with Crippen molar-refractivity contribution in [2.75, 3.05) is 19.7 Å². The fourth-order valence-corrected chi connectivity index (χ4v) is 2.76. The number of carbonyl (C=O) groups is 1. The lowest BCUT2D eigenvalue weighted by Gasteiger charge is -2.32. The average molecular weight is 331 g/mol. The Balaban J connectivity index is 1.82. The number of amides is 1. The number of aryl methyl sites for hydroxylation is 1. The van der Waals surface area contributed by atoms with Crippen molar-refractivity contribution in [2.45, 2.75) is 25.9 Å². The third kappa shape index (κ3) is 3.23. The van der Waals surface area contributed by atoms with Gasteiger partial charge in [-0.1, -0.05) is 13.8 Å². The van der Waals surface area contributed by atoms with Crippen molar-refractivity contribution < 1.29 is 9.53 Å². The highest BCUT2D eigenvalue weighted by Gasteiger charge is 2.29. The molecule has 3 heterocycles. The van der Waals surface area contributed by atoms with Crippen LogP contribution in [-0.4, -0.2) is 50.3 Å². The Bertz CT molecular complexity index is 795. The maximum absolute atomic E-state index is 12.8. The summed E-state index contributed by atoms with van der Waals surface area (Å²) in [7, 11) is 1.84. The molecule has 0 radical (unpaired) electrons. The monoisotopic (exact) mass is 331 g/mol. The number of nitrogens with one attached hydrogen (secondary N) is 1. The molecule has 8 heteroatoms. The first kappa shape index (κ1) is 16.4. The number of hydrogen-bond donors (Lipinski definition) is 1. The summed E-state index contributed by atoms with van der Waals surface area (Å²) >= 11 is 0. The molecule has 1 atom stereocenters. The van der Waals surface area contributed by atoms with E-state index >= 15 is 0 Å². The standard InChI is InChI=1S/C16H21N5O3/c1-10(2)12-6-11(7-14(22)18-12)16(23)21-4-5-24-13(8-21)15-19-17-9-20(15)3/h6-7,9-10,13H,4-5,8H2,1-3H3,(H,18,22)/t13-/m0/s1. The van der Waals surface area contributed by atoms with Crippen LogP contribution in [0.1, 0.15) is 47.7 Å². The highest BCUT2D eigenvalue weighted by Crippen LogP contribution is 2.21. The number of pyridine rings is 1. The minimum Gasteiger partial charge on any atom is -0.366 e. The summed E-state index contributed by atoms with van der Waals surface area (Å²) in [5, 5.41) is 7.90. The predicted molar refractivity (Wildman–Crippen MR) is 86.8 cm³/mol. The zero-order chi connectivity index (χ0) is 17.3. The van der Waals surface area contributed by atoms with Crippen LogP contribution < -0.4 is 5.56 Å². The molecule has 0 aromatic carbocycles. The minimum absolute atomic E-state index is 0.140. The first-order valence-electron chi connectivity index (χ1n) is 7.94. The topological polar surface area (TPSA) is 93.1 Å². The summed E-state index contributed by atoms with van der Waals surface area (Å²) in [6, 6.07) is 3.10. The van der Waals surface area contributed by atoms with Crippen molar-refractivity contribution in [3.8, 4) is 0 Å². The van der Waals surface area contributed by atoms with Crippen molar-refractivity contribution in [2.24, 2.45) is 7.05 Å². The summed E-state index contributed by atoms with van der Waals surface area (Å²) < 4.78 is 7.50. The third-order valence-corrected chi connectivity index (χ3v) is 4.12. The van der Waals surface area contributed by atoms with E-state index in [-0.39, 0.29) is 23.5 Å². The Labute approximate surface area is 139 Å². The van der Waals surface area contributed by atoms with Crippen LogP contribution in [0.25, 0.3) is 0 Å². The van der Waals surface area contributed by atoms with E-state index in [1.807, 2.05) is 20.9 Å². The number of rotatable bonds is 3. The van der Waals surface area contributed by atoms with Crippen molar-refractivity contribution in [3.63, 3.8) is 0 Å². The van der Waals surface area contributed by atoms with Crippen molar-refractivity contribution in [1.29, 1.82) is 0 Å². The van der Waals surface area contributed by atoms with E-state index in [1.54, 1.807) is 21.9 Å². The third-order valence-electron chi connectivity index (χ3n) is 4.12. The first-order chi connectivity index (χ1) is 11.5. The summed E-state index contributed by atoms with van der Waals surface area (Å²) in [6.45, 7) is 5.23. The molecule has 1 amide bonds. The van der Waals surface area contributed by atoms with E-state index in [2.05, 4.69) is 15.2 Å². The lowest BCUT2D eigenvalue weighted by Crippen LogP contribution is -2.43. The van der Waals surface area contributed by atoms with Gasteiger partial charge in [-0.05, 0) is 12.0 Å². The number of ether oxygens (including phenoxy) is 1. The normalized spacial score (nSPS) is 18.2. The number of nitrogens with zero attached hydrogens (tertiary/aromatic N) is 4. The van der Waals surface area contributed by atoms with Crippen LogP contribution >= 0.6 is 0 Å². The van der Waals surface area contributed by atoms with Crippen molar-refractivity contribution >= 4 is 5.91 Å². The fraction of sp³-hybridized carbons (Fsp3) is 0.500. The number of aromatic amines is 1. The second-order valence-electron chi connectivity index (χ2n) is 6.25. The highest BCUT2D eigenvalue weighted by atomic mass is 16.5. The second-order valence-corrected chi connectivity index (χ2v) is 6.25. The summed E-state index contributed by atoms with van der Waals surface area (Å²) in [6.07, 6.45) is 1.28. The van der Waals surface area contributed by atoms with Gasteiger partial charge >= 0.3 is 0 Å². The Morgan fingerprint density at radius 2 is 2.21 bits per heavy atom. The van der Waals surface area contributed by atoms with E-state index < -0.39 is 0 Å². The molecule has 0 aliphatic carbocycles. The van der Waals surface area contributed by atoms with E-state index in [1.165, 1.54) is 6.07 Å². The molecule has 1 saturated heterocycles. The van der Waals surface area contributed by atoms with Crippen LogP contribution in [0, 0.1) is 0 Å². The van der Waals surface area contributed by atoms with Crippen LogP contribution in [0.5, 0.6) is 0 Å². The largest absolute Gasteiger partial charge is 0.366 e. The molecule has 0 unspecified atom stereocenters. The van der Waals surface area contributed by atoms with Gasteiger partial charge in [-0.3, -0.25) is 9.59 Å². The number of carbonyl (C=O) groups excluding carboxylic acids is 1. The van der Waals surface area contributed by atoms with Crippen LogP contribution in [0.3, 0.4) is 0 Å². The first-order valence-corrected chi connectivity index (χ1v) is 7.94. The summed E-state index contributed by atoms with van der Waals surface area (Å²) in [5.41, 5.74) is 0.896. The fourth-order valence-electron chi connectivity index (χ4n) is 2.76. The van der Waals surface area contributed by atoms with Gasteiger partial charge in [0, 0.05) is 30.9 Å². The Kier molecular flexibility index (Phi) is 4.48. The highest BCUT2D eigenvalue weighted by molar-refractivity contribution is 5.94. The molecule has 1 N–H and O–H groups in total. The SMILES string of the molecule is CC(C)c1cc(C(=O)N2CCO[C@H](c3nncn3C)C2)cc(=O)[nH]1. The predicted octanol–water partition coefficient (Wildman–Crippen LogP) is 0.841. The maximum atomic E-state index is 12.8. The molecule has 0 saturated carbocycles. The van der Waals surface area contributed by atoms with Gasteiger partial charge < -0.3 is 19.2 Å². The molecule has 8 nitrogen and oxygen atoms in total. The zero-order valence-corrected chi connectivity index (χ0v) is 14.0. The molecule has 24 heavy (non-hydrogen) atoms. The Hall–Kier alpha value is -2.48. The van der Waals surface area contributed by atoms with Gasteiger partial charge in [-0.25, -0.2) is 0 Å². The van der Waals surface area contributed by atoms with Crippen LogP contribution in [0.15, 0.2) is 23.3 Å². The van der Waals surface area contributed by atoms with Crippen molar-refractivity contribution in [1.82, 2.24) is 24.6 Å². The van der Waals surface area contributed by atoms with Gasteiger partial charge in [0.25, 0.3) is 5.91 Å².